The number of carbonyl (C=O) groups excluding carboxylic acids is 1. The minimum atomic E-state index is -0.198. The van der Waals surface area contributed by atoms with Gasteiger partial charge in [0.05, 0.1) is 11.0 Å². The highest BCUT2D eigenvalue weighted by molar-refractivity contribution is 5.77. The summed E-state index contributed by atoms with van der Waals surface area (Å²) in [4.78, 5) is 33.3. The largest absolute Gasteiger partial charge is 0.340 e. The number of nitrogens with zero attached hydrogens (tertiary/aromatic N) is 2. The van der Waals surface area contributed by atoms with Gasteiger partial charge in [-0.3, -0.25) is 9.59 Å². The number of likely N-dealkylation sites (tertiary alicyclic amines) is 1. The van der Waals surface area contributed by atoms with Crippen LogP contribution in [0.15, 0.2) is 29.1 Å². The second-order valence-corrected chi connectivity index (χ2v) is 5.61. The zero-order valence-corrected chi connectivity index (χ0v) is 12.1. The second-order valence-electron chi connectivity index (χ2n) is 5.61. The lowest BCUT2D eigenvalue weighted by Crippen LogP contribution is -2.34. The van der Waals surface area contributed by atoms with E-state index in [2.05, 4.69) is 16.9 Å². The average Bonchev–Trinajstić information content (AvgIpc) is 2.91. The molecule has 0 bridgehead atoms. The van der Waals surface area contributed by atoms with E-state index in [-0.39, 0.29) is 11.5 Å². The van der Waals surface area contributed by atoms with Crippen LogP contribution in [-0.2, 0) is 11.2 Å². The molecule has 5 heteroatoms. The van der Waals surface area contributed by atoms with Gasteiger partial charge in [0.15, 0.2) is 0 Å². The van der Waals surface area contributed by atoms with Crippen molar-refractivity contribution >= 4 is 16.9 Å². The number of amides is 1. The lowest BCUT2D eigenvalue weighted by atomic mass is 10.2. The number of nitrogens with one attached hydrogen (secondary N) is 1. The van der Waals surface area contributed by atoms with Gasteiger partial charge in [-0.2, -0.15) is 0 Å². The molecule has 5 nitrogen and oxygen atoms in total. The van der Waals surface area contributed by atoms with Gasteiger partial charge in [-0.15, -0.1) is 0 Å². The maximum Gasteiger partial charge on any atom is 0.270 e. The molecule has 1 N–H and O–H groups in total. The van der Waals surface area contributed by atoms with Gasteiger partial charge in [-0.05, 0) is 31.9 Å². The number of hydrogen-bond donors (Lipinski definition) is 1. The van der Waals surface area contributed by atoms with Crippen molar-refractivity contribution in [2.45, 2.75) is 38.6 Å². The molecule has 2 heterocycles. The molecular weight excluding hydrogens is 266 g/mol. The molecular formula is C16H19N3O2. The Morgan fingerprint density at radius 2 is 2.24 bits per heavy atom. The number of hydrogen-bond acceptors (Lipinski definition) is 3. The van der Waals surface area contributed by atoms with E-state index in [1.54, 1.807) is 0 Å². The third-order valence-electron chi connectivity index (χ3n) is 4.12. The van der Waals surface area contributed by atoms with Crippen LogP contribution in [0.5, 0.6) is 0 Å². The molecule has 1 saturated heterocycles. The summed E-state index contributed by atoms with van der Waals surface area (Å²) in [5.41, 5.74) is 1.73. The molecule has 1 amide bonds. The van der Waals surface area contributed by atoms with Gasteiger partial charge in [-0.25, -0.2) is 4.98 Å². The Hall–Kier alpha value is -2.17. The predicted octanol–water partition coefficient (Wildman–Crippen LogP) is 1.87. The number of aromatic nitrogens is 2. The summed E-state index contributed by atoms with van der Waals surface area (Å²) in [6, 6.07) is 7.75. The molecule has 1 aromatic carbocycles. The normalized spacial score (nSPS) is 18.3. The van der Waals surface area contributed by atoms with Crippen LogP contribution in [0.4, 0.5) is 0 Å². The molecule has 3 rings (SSSR count). The smallest absolute Gasteiger partial charge is 0.270 e. The predicted molar refractivity (Wildman–Crippen MR) is 81.1 cm³/mol. The number of benzene rings is 1. The molecule has 0 spiro atoms. The van der Waals surface area contributed by atoms with Crippen molar-refractivity contribution in [1.29, 1.82) is 0 Å². The van der Waals surface area contributed by atoms with E-state index in [0.29, 0.717) is 24.6 Å². The van der Waals surface area contributed by atoms with E-state index in [0.717, 1.165) is 30.4 Å². The monoisotopic (exact) mass is 285 g/mol. The van der Waals surface area contributed by atoms with Gasteiger partial charge in [0, 0.05) is 25.4 Å². The number of rotatable bonds is 3. The van der Waals surface area contributed by atoms with Crippen LogP contribution in [-0.4, -0.2) is 33.4 Å². The molecule has 1 unspecified atom stereocenters. The summed E-state index contributed by atoms with van der Waals surface area (Å²) < 4.78 is 0. The number of carbonyl (C=O) groups is 1. The maximum absolute atomic E-state index is 12.2. The number of aryl methyl sites for hydroxylation is 1. The van der Waals surface area contributed by atoms with Gasteiger partial charge in [-0.1, -0.05) is 12.1 Å². The molecule has 21 heavy (non-hydrogen) atoms. The van der Waals surface area contributed by atoms with E-state index in [1.807, 2.05) is 29.2 Å². The number of aromatic amines is 1. The molecule has 2 aromatic rings. The number of fused-ring (bicyclic) bond motifs is 1. The minimum Gasteiger partial charge on any atom is -0.340 e. The molecule has 1 aliphatic heterocycles. The molecule has 0 saturated carbocycles. The average molecular weight is 285 g/mol. The molecule has 110 valence electrons. The fourth-order valence-electron chi connectivity index (χ4n) is 2.91. The van der Waals surface area contributed by atoms with Crippen molar-refractivity contribution in [1.82, 2.24) is 14.9 Å². The molecule has 1 fully saturated rings. The standard InChI is InChI=1S/C16H19N3O2/c1-11-5-4-10-19(11)15(20)9-8-14-16(21)18-13-7-3-2-6-12(13)17-14/h2-3,6-7,11H,4-5,8-10H2,1H3,(H,18,21). The van der Waals surface area contributed by atoms with Crippen molar-refractivity contribution < 1.29 is 4.79 Å². The first-order chi connectivity index (χ1) is 10.1. The third-order valence-corrected chi connectivity index (χ3v) is 4.12. The van der Waals surface area contributed by atoms with Gasteiger partial charge < -0.3 is 9.88 Å². The summed E-state index contributed by atoms with van der Waals surface area (Å²) >= 11 is 0. The van der Waals surface area contributed by atoms with Crippen LogP contribution >= 0.6 is 0 Å². The Morgan fingerprint density at radius 1 is 1.43 bits per heavy atom. The van der Waals surface area contributed by atoms with E-state index in [9.17, 15) is 9.59 Å². The molecule has 1 atom stereocenters. The Morgan fingerprint density at radius 3 is 3.00 bits per heavy atom. The fraction of sp³-hybridized carbons (Fsp3) is 0.438. The lowest BCUT2D eigenvalue weighted by molar-refractivity contribution is -0.131. The van der Waals surface area contributed by atoms with Crippen LogP contribution in [0, 0.1) is 0 Å². The molecule has 0 aliphatic carbocycles. The quantitative estimate of drug-likeness (QED) is 0.936. The summed E-state index contributed by atoms with van der Waals surface area (Å²) in [6.07, 6.45) is 2.88. The van der Waals surface area contributed by atoms with Crippen LogP contribution in [0.1, 0.15) is 31.9 Å². The fourth-order valence-corrected chi connectivity index (χ4v) is 2.91. The van der Waals surface area contributed by atoms with E-state index in [1.165, 1.54) is 0 Å². The highest BCUT2D eigenvalue weighted by atomic mass is 16.2. The van der Waals surface area contributed by atoms with Crippen LogP contribution in [0.2, 0.25) is 0 Å². The Bertz CT molecular complexity index is 723. The van der Waals surface area contributed by atoms with Crippen LogP contribution in [0.25, 0.3) is 11.0 Å². The third kappa shape index (κ3) is 2.82. The van der Waals surface area contributed by atoms with E-state index in [4.69, 9.17) is 0 Å². The van der Waals surface area contributed by atoms with Crippen molar-refractivity contribution in [2.75, 3.05) is 6.54 Å². The minimum absolute atomic E-state index is 0.120. The summed E-state index contributed by atoms with van der Waals surface area (Å²) in [5, 5.41) is 0. The van der Waals surface area contributed by atoms with E-state index < -0.39 is 0 Å². The summed E-state index contributed by atoms with van der Waals surface area (Å²) in [7, 11) is 0. The number of H-pyrrole nitrogens is 1. The zero-order chi connectivity index (χ0) is 14.8. The van der Waals surface area contributed by atoms with Gasteiger partial charge in [0.1, 0.15) is 5.69 Å². The summed E-state index contributed by atoms with van der Waals surface area (Å²) in [5.74, 6) is 0.120. The van der Waals surface area contributed by atoms with Gasteiger partial charge in [0.2, 0.25) is 5.91 Å². The highest BCUT2D eigenvalue weighted by Crippen LogP contribution is 2.17. The maximum atomic E-state index is 12.2. The van der Waals surface area contributed by atoms with Gasteiger partial charge >= 0.3 is 0 Å². The van der Waals surface area contributed by atoms with Crippen LogP contribution < -0.4 is 5.56 Å². The van der Waals surface area contributed by atoms with Crippen molar-refractivity contribution in [3.05, 3.63) is 40.3 Å². The Labute approximate surface area is 123 Å². The Kier molecular flexibility index (Phi) is 3.73. The number of para-hydroxylation sites is 2. The van der Waals surface area contributed by atoms with Gasteiger partial charge in [0.25, 0.3) is 5.56 Å². The lowest BCUT2D eigenvalue weighted by Gasteiger charge is -2.21. The van der Waals surface area contributed by atoms with Crippen LogP contribution in [0.3, 0.4) is 0 Å². The molecule has 1 aromatic heterocycles. The molecule has 0 radical (unpaired) electrons. The Balaban J connectivity index is 1.74. The van der Waals surface area contributed by atoms with Crippen molar-refractivity contribution in [3.63, 3.8) is 0 Å². The first-order valence-electron chi connectivity index (χ1n) is 7.42. The van der Waals surface area contributed by atoms with E-state index >= 15 is 0 Å². The first-order valence-corrected chi connectivity index (χ1v) is 7.42. The topological polar surface area (TPSA) is 66.1 Å². The molecule has 1 aliphatic rings. The van der Waals surface area contributed by atoms with Crippen molar-refractivity contribution in [3.8, 4) is 0 Å². The highest BCUT2D eigenvalue weighted by Gasteiger charge is 2.24. The first kappa shape index (κ1) is 13.8. The summed E-state index contributed by atoms with van der Waals surface area (Å²) in [6.45, 7) is 2.91. The van der Waals surface area contributed by atoms with Crippen molar-refractivity contribution in [2.24, 2.45) is 0 Å². The second kappa shape index (κ2) is 5.68. The zero-order valence-electron chi connectivity index (χ0n) is 12.1. The SMILES string of the molecule is CC1CCCN1C(=O)CCc1nc2ccccc2[nH]c1=O.